The lowest BCUT2D eigenvalue weighted by molar-refractivity contribution is 0.00708. The highest BCUT2D eigenvalue weighted by Gasteiger charge is 2.20. The fourth-order valence-electron chi connectivity index (χ4n) is 11.1. The van der Waals surface area contributed by atoms with Crippen LogP contribution >= 0.6 is 0 Å². The fourth-order valence-corrected chi connectivity index (χ4v) is 11.1. The zero-order valence-corrected chi connectivity index (χ0v) is 54.1. The molecular formula is C74H124O9. The molecule has 3 aromatic carbocycles. The molecule has 0 radical (unpaired) electrons. The first-order valence-electron chi connectivity index (χ1n) is 35.1. The Hall–Kier alpha value is -3.66. The van der Waals surface area contributed by atoms with Crippen molar-refractivity contribution in [1.29, 1.82) is 0 Å². The Balaban J connectivity index is 1.63. The predicted octanol–water partition coefficient (Wildman–Crippen LogP) is 22.0. The number of ether oxygens (including phenoxy) is 9. The summed E-state index contributed by atoms with van der Waals surface area (Å²) in [5.74, 6) is 4.49. The van der Waals surface area contributed by atoms with E-state index >= 15 is 0 Å². The van der Waals surface area contributed by atoms with Crippen LogP contribution in [-0.2, 0) is 14.2 Å². The molecule has 0 aromatic heterocycles. The van der Waals surface area contributed by atoms with Gasteiger partial charge in [0.15, 0.2) is 34.5 Å². The van der Waals surface area contributed by atoms with Gasteiger partial charge in [0.25, 0.3) is 0 Å². The minimum absolute atomic E-state index is 0.368. The van der Waals surface area contributed by atoms with Gasteiger partial charge in [-0.3, -0.25) is 0 Å². The third-order valence-corrected chi connectivity index (χ3v) is 16.3. The van der Waals surface area contributed by atoms with E-state index in [9.17, 15) is 0 Å². The molecule has 83 heavy (non-hydrogen) atoms. The third kappa shape index (κ3) is 34.9. The highest BCUT2D eigenvalue weighted by atomic mass is 16.6. The van der Waals surface area contributed by atoms with E-state index in [2.05, 4.69) is 76.2 Å². The first-order chi connectivity index (χ1) is 41.2. The van der Waals surface area contributed by atoms with Crippen LogP contribution in [0.1, 0.15) is 285 Å². The van der Waals surface area contributed by atoms with Crippen molar-refractivity contribution < 1.29 is 42.6 Å². The molecule has 0 unspecified atom stereocenters. The van der Waals surface area contributed by atoms with Crippen molar-refractivity contribution in [3.8, 4) is 56.8 Å². The molecule has 4 rings (SSSR count). The van der Waals surface area contributed by atoms with Gasteiger partial charge >= 0.3 is 0 Å². The van der Waals surface area contributed by atoms with Crippen molar-refractivity contribution in [2.75, 3.05) is 79.3 Å². The maximum absolute atomic E-state index is 6.78. The smallest absolute Gasteiger partial charge is 0.161 e. The van der Waals surface area contributed by atoms with Gasteiger partial charge in [0.05, 0.1) is 66.1 Å². The molecule has 0 bridgehead atoms. The van der Waals surface area contributed by atoms with Crippen LogP contribution in [0.25, 0.3) is 22.3 Å². The molecule has 0 saturated carbocycles. The maximum atomic E-state index is 6.78. The average molecular weight is 1160 g/mol. The van der Waals surface area contributed by atoms with Gasteiger partial charge in [0.1, 0.15) is 13.2 Å². The number of hydrogen-bond donors (Lipinski definition) is 0. The van der Waals surface area contributed by atoms with Crippen molar-refractivity contribution in [3.05, 3.63) is 48.5 Å². The van der Waals surface area contributed by atoms with Gasteiger partial charge in [-0.2, -0.15) is 0 Å². The van der Waals surface area contributed by atoms with Crippen LogP contribution in [0.5, 0.6) is 34.5 Å². The van der Waals surface area contributed by atoms with Crippen LogP contribution in [0.15, 0.2) is 48.5 Å². The summed E-state index contributed by atoms with van der Waals surface area (Å²) in [4.78, 5) is 0. The molecular weight excluding hydrogens is 1030 g/mol. The third-order valence-electron chi connectivity index (χ3n) is 16.3. The Bertz CT molecular complexity index is 1820. The van der Waals surface area contributed by atoms with Crippen LogP contribution in [-0.4, -0.2) is 79.3 Å². The standard InChI is InChI=1S/C74H124O9/c1-5-9-13-17-21-25-29-33-37-41-49-78-69-47-45-65(61-71(69)80-51-43-39-35-31-27-23-19-15-11-7-3)67-63-73-74(83-60-58-77-56-54-75-53-55-76-57-59-82-73)64-68(67)66-46-48-70(79-50-42-38-34-30-26-22-18-14-10-6-2)72(62-66)81-52-44-40-36-32-28-24-20-16-12-8-4/h45-48,61-64H,5-44,49-60H2,1-4H3. The largest absolute Gasteiger partial charge is 0.490 e. The van der Waals surface area contributed by atoms with Crippen molar-refractivity contribution in [2.45, 2.75) is 285 Å². The monoisotopic (exact) mass is 1160 g/mol. The van der Waals surface area contributed by atoms with E-state index in [0.29, 0.717) is 90.8 Å². The van der Waals surface area contributed by atoms with Crippen LogP contribution < -0.4 is 28.4 Å². The molecule has 9 nitrogen and oxygen atoms in total. The molecule has 1 aliphatic heterocycles. The average Bonchev–Trinajstić information content (AvgIpc) is 3.71. The van der Waals surface area contributed by atoms with E-state index < -0.39 is 0 Å². The van der Waals surface area contributed by atoms with Gasteiger partial charge in [0.2, 0.25) is 0 Å². The Labute approximate surface area is 509 Å². The molecule has 0 fully saturated rings. The van der Waals surface area contributed by atoms with Crippen molar-refractivity contribution in [3.63, 3.8) is 0 Å². The summed E-state index contributed by atoms with van der Waals surface area (Å²) in [7, 11) is 0. The Morgan fingerprint density at radius 2 is 0.482 bits per heavy atom. The van der Waals surface area contributed by atoms with Crippen molar-refractivity contribution >= 4 is 0 Å². The van der Waals surface area contributed by atoms with Crippen LogP contribution in [0, 0.1) is 0 Å². The molecule has 1 aliphatic rings. The highest BCUT2D eigenvalue weighted by Crippen LogP contribution is 2.45. The Morgan fingerprint density at radius 3 is 0.747 bits per heavy atom. The summed E-state index contributed by atoms with van der Waals surface area (Å²) in [5, 5.41) is 0. The van der Waals surface area contributed by atoms with Crippen LogP contribution in [0.4, 0.5) is 0 Å². The lowest BCUT2D eigenvalue weighted by Crippen LogP contribution is -2.13. The fraction of sp³-hybridized carbons (Fsp3) is 0.757. The summed E-state index contributed by atoms with van der Waals surface area (Å²) in [6.45, 7) is 15.4. The second kappa shape index (κ2) is 51.6. The molecule has 0 amide bonds. The Morgan fingerprint density at radius 1 is 0.253 bits per heavy atom. The zero-order chi connectivity index (χ0) is 58.6. The van der Waals surface area contributed by atoms with E-state index in [0.717, 1.165) is 70.9 Å². The first-order valence-corrected chi connectivity index (χ1v) is 35.1. The SMILES string of the molecule is CCCCCCCCCCCCOc1ccc(-c2cc3c(cc2-c2ccc(OCCCCCCCCCCCC)c(OCCCCCCCCCCCC)c2)OCCOCCOCCOCCO3)cc1OCCCCCCCCCCCC. The number of benzene rings is 3. The van der Waals surface area contributed by atoms with E-state index in [1.54, 1.807) is 0 Å². The van der Waals surface area contributed by atoms with E-state index in [1.807, 2.05) is 0 Å². The summed E-state index contributed by atoms with van der Waals surface area (Å²) in [5.41, 5.74) is 4.02. The number of unbranched alkanes of at least 4 members (excludes halogenated alkanes) is 36. The lowest BCUT2D eigenvalue weighted by Gasteiger charge is -2.20. The molecule has 0 saturated heterocycles. The van der Waals surface area contributed by atoms with Crippen molar-refractivity contribution in [2.24, 2.45) is 0 Å². The normalized spacial score (nSPS) is 13.4. The second-order valence-corrected chi connectivity index (χ2v) is 23.8. The summed E-state index contributed by atoms with van der Waals surface area (Å²) < 4.78 is 57.5. The highest BCUT2D eigenvalue weighted by molar-refractivity contribution is 5.87. The minimum atomic E-state index is 0.368. The van der Waals surface area contributed by atoms with Gasteiger partial charge < -0.3 is 42.6 Å². The maximum Gasteiger partial charge on any atom is 0.161 e. The quantitative estimate of drug-likeness (QED) is 0.0513. The zero-order valence-electron chi connectivity index (χ0n) is 54.1. The second-order valence-electron chi connectivity index (χ2n) is 23.8. The molecule has 0 spiro atoms. The van der Waals surface area contributed by atoms with Crippen LogP contribution in [0.3, 0.4) is 0 Å². The lowest BCUT2D eigenvalue weighted by atomic mass is 9.93. The van der Waals surface area contributed by atoms with Gasteiger partial charge in [-0.25, -0.2) is 0 Å². The Kier molecular flexibility index (Phi) is 44.6. The predicted molar refractivity (Wildman–Crippen MR) is 350 cm³/mol. The minimum Gasteiger partial charge on any atom is -0.490 e. The summed E-state index contributed by atoms with van der Waals surface area (Å²) in [6, 6.07) is 17.3. The first kappa shape index (κ1) is 71.8. The van der Waals surface area contributed by atoms with E-state index in [-0.39, 0.29) is 0 Å². The van der Waals surface area contributed by atoms with Gasteiger partial charge in [0, 0.05) is 0 Å². The van der Waals surface area contributed by atoms with Gasteiger partial charge in [-0.15, -0.1) is 0 Å². The topological polar surface area (TPSA) is 83.1 Å². The molecule has 9 heteroatoms. The van der Waals surface area contributed by atoms with Gasteiger partial charge in [-0.05, 0) is 84.3 Å². The van der Waals surface area contributed by atoms with Gasteiger partial charge in [-0.1, -0.05) is 271 Å². The molecule has 0 N–H and O–H groups in total. The number of hydrogen-bond acceptors (Lipinski definition) is 9. The molecule has 1 heterocycles. The number of fused-ring (bicyclic) bond motifs is 1. The van der Waals surface area contributed by atoms with Crippen LogP contribution in [0.2, 0.25) is 0 Å². The van der Waals surface area contributed by atoms with E-state index in [1.165, 1.54) is 231 Å². The molecule has 0 atom stereocenters. The molecule has 474 valence electrons. The molecule has 0 aliphatic carbocycles. The number of rotatable bonds is 50. The van der Waals surface area contributed by atoms with Crippen molar-refractivity contribution in [1.82, 2.24) is 0 Å². The molecule has 3 aromatic rings. The summed E-state index contributed by atoms with van der Waals surface area (Å²) in [6.07, 6.45) is 51.4. The summed E-state index contributed by atoms with van der Waals surface area (Å²) >= 11 is 0. The van der Waals surface area contributed by atoms with E-state index in [4.69, 9.17) is 42.6 Å².